The minimum absolute atomic E-state index is 0.171. The van der Waals surface area contributed by atoms with Crippen molar-refractivity contribution in [1.29, 1.82) is 0 Å². The van der Waals surface area contributed by atoms with Gasteiger partial charge in [0.2, 0.25) is 0 Å². The topological polar surface area (TPSA) is 56.5 Å². The lowest BCUT2D eigenvalue weighted by molar-refractivity contribution is 0.106. The minimum atomic E-state index is 0.171. The summed E-state index contributed by atoms with van der Waals surface area (Å²) in [4.78, 5) is 0. The summed E-state index contributed by atoms with van der Waals surface area (Å²) in [6.07, 6.45) is 2.89. The molecule has 0 aromatic heterocycles. The Morgan fingerprint density at radius 3 is 2.63 bits per heavy atom. The molecular formula is C14H23ClN2O2. The van der Waals surface area contributed by atoms with Crippen molar-refractivity contribution in [3.8, 4) is 5.75 Å². The molecule has 4 nitrogen and oxygen atoms in total. The van der Waals surface area contributed by atoms with Gasteiger partial charge in [-0.15, -0.1) is 0 Å². The van der Waals surface area contributed by atoms with Crippen LogP contribution in [-0.2, 0) is 11.2 Å². The van der Waals surface area contributed by atoms with Gasteiger partial charge in [0, 0.05) is 18.2 Å². The number of hydrogen-bond donors (Lipinski definition) is 2. The van der Waals surface area contributed by atoms with Gasteiger partial charge in [-0.05, 0) is 49.9 Å². The van der Waals surface area contributed by atoms with Gasteiger partial charge in [-0.1, -0.05) is 11.6 Å². The van der Waals surface area contributed by atoms with Crippen molar-refractivity contribution in [3.63, 3.8) is 0 Å². The molecule has 0 aliphatic heterocycles. The van der Waals surface area contributed by atoms with Gasteiger partial charge >= 0.3 is 0 Å². The van der Waals surface area contributed by atoms with Crippen LogP contribution in [0, 0.1) is 0 Å². The second-order valence-corrected chi connectivity index (χ2v) is 5.08. The van der Waals surface area contributed by atoms with Crippen LogP contribution in [0.4, 0.5) is 0 Å². The van der Waals surface area contributed by atoms with Crippen LogP contribution >= 0.6 is 11.6 Å². The lowest BCUT2D eigenvalue weighted by Gasteiger charge is -2.19. The molecule has 5 heteroatoms. The standard InChI is InChI=1S/C14H23ClN2O2/c1-10(18-2)4-6-13(17-16)9-11-8-12(15)5-7-14(11)19-3/h5,7-8,10,13,17H,4,6,9,16H2,1-3H3. The quantitative estimate of drug-likeness (QED) is 0.570. The van der Waals surface area contributed by atoms with Crippen molar-refractivity contribution < 1.29 is 9.47 Å². The van der Waals surface area contributed by atoms with Crippen LogP contribution in [0.3, 0.4) is 0 Å². The van der Waals surface area contributed by atoms with Gasteiger partial charge in [0.05, 0.1) is 13.2 Å². The first-order chi connectivity index (χ1) is 9.10. The molecule has 1 aromatic carbocycles. The highest BCUT2D eigenvalue weighted by molar-refractivity contribution is 6.30. The summed E-state index contributed by atoms with van der Waals surface area (Å²) in [5.74, 6) is 6.45. The van der Waals surface area contributed by atoms with Crippen molar-refractivity contribution in [3.05, 3.63) is 28.8 Å². The fourth-order valence-electron chi connectivity index (χ4n) is 1.97. The van der Waals surface area contributed by atoms with E-state index in [1.54, 1.807) is 14.2 Å². The van der Waals surface area contributed by atoms with Gasteiger partial charge < -0.3 is 9.47 Å². The first-order valence-corrected chi connectivity index (χ1v) is 6.79. The number of hydrazine groups is 1. The molecule has 19 heavy (non-hydrogen) atoms. The maximum atomic E-state index is 6.02. The third-order valence-corrected chi connectivity index (χ3v) is 3.50. The van der Waals surface area contributed by atoms with Crippen molar-refractivity contribution in [2.75, 3.05) is 14.2 Å². The Morgan fingerprint density at radius 2 is 2.05 bits per heavy atom. The third kappa shape index (κ3) is 5.37. The van der Waals surface area contributed by atoms with Crippen LogP contribution < -0.4 is 16.0 Å². The largest absolute Gasteiger partial charge is 0.496 e. The van der Waals surface area contributed by atoms with E-state index in [2.05, 4.69) is 5.43 Å². The van der Waals surface area contributed by atoms with Gasteiger partial charge in [0.1, 0.15) is 5.75 Å². The molecule has 0 fully saturated rings. The summed E-state index contributed by atoms with van der Waals surface area (Å²) >= 11 is 6.02. The third-order valence-electron chi connectivity index (χ3n) is 3.27. The Bertz CT molecular complexity index is 388. The van der Waals surface area contributed by atoms with Crippen molar-refractivity contribution >= 4 is 11.6 Å². The molecule has 0 saturated heterocycles. The number of ether oxygens (including phenoxy) is 2. The molecule has 1 aromatic rings. The predicted octanol–water partition coefficient (Wildman–Crippen LogP) is 2.54. The van der Waals surface area contributed by atoms with E-state index in [0.717, 1.165) is 30.6 Å². The number of benzene rings is 1. The highest BCUT2D eigenvalue weighted by Crippen LogP contribution is 2.24. The second kappa shape index (κ2) is 8.38. The van der Waals surface area contributed by atoms with Crippen LogP contribution in [0.1, 0.15) is 25.3 Å². The predicted molar refractivity (Wildman–Crippen MR) is 78.5 cm³/mol. The number of rotatable bonds is 8. The van der Waals surface area contributed by atoms with Crippen LogP contribution in [0.5, 0.6) is 5.75 Å². The van der Waals surface area contributed by atoms with E-state index < -0.39 is 0 Å². The lowest BCUT2D eigenvalue weighted by atomic mass is 10.00. The fourth-order valence-corrected chi connectivity index (χ4v) is 2.16. The number of halogens is 1. The van der Waals surface area contributed by atoms with Crippen molar-refractivity contribution in [1.82, 2.24) is 5.43 Å². The number of nitrogens with one attached hydrogen (secondary N) is 1. The van der Waals surface area contributed by atoms with Crippen LogP contribution in [0.25, 0.3) is 0 Å². The van der Waals surface area contributed by atoms with E-state index in [1.165, 1.54) is 0 Å². The molecule has 2 atom stereocenters. The Labute approximate surface area is 120 Å². The van der Waals surface area contributed by atoms with E-state index in [-0.39, 0.29) is 12.1 Å². The average Bonchev–Trinajstić information content (AvgIpc) is 2.43. The highest BCUT2D eigenvalue weighted by atomic mass is 35.5. The van der Waals surface area contributed by atoms with E-state index in [1.807, 2.05) is 25.1 Å². The van der Waals surface area contributed by atoms with Gasteiger partial charge in [-0.3, -0.25) is 11.3 Å². The van der Waals surface area contributed by atoms with Gasteiger partial charge in [0.25, 0.3) is 0 Å². The normalized spacial score (nSPS) is 14.2. The molecule has 0 aliphatic carbocycles. The molecule has 0 heterocycles. The zero-order chi connectivity index (χ0) is 14.3. The van der Waals surface area contributed by atoms with Crippen molar-refractivity contribution in [2.45, 2.75) is 38.3 Å². The minimum Gasteiger partial charge on any atom is -0.496 e. The summed E-state index contributed by atoms with van der Waals surface area (Å²) in [5, 5.41) is 0.705. The smallest absolute Gasteiger partial charge is 0.122 e. The Kier molecular flexibility index (Phi) is 7.16. The van der Waals surface area contributed by atoms with Crippen LogP contribution in [-0.4, -0.2) is 26.4 Å². The molecular weight excluding hydrogens is 264 g/mol. The Hall–Kier alpha value is -0.810. The summed E-state index contributed by atoms with van der Waals surface area (Å²) < 4.78 is 10.6. The Morgan fingerprint density at radius 1 is 1.32 bits per heavy atom. The maximum Gasteiger partial charge on any atom is 0.122 e. The van der Waals surface area contributed by atoms with Gasteiger partial charge in [0.15, 0.2) is 0 Å². The zero-order valence-electron chi connectivity index (χ0n) is 11.8. The zero-order valence-corrected chi connectivity index (χ0v) is 12.5. The summed E-state index contributed by atoms with van der Waals surface area (Å²) in [5.41, 5.74) is 3.90. The van der Waals surface area contributed by atoms with E-state index in [4.69, 9.17) is 26.9 Å². The van der Waals surface area contributed by atoms with E-state index in [0.29, 0.717) is 5.02 Å². The summed E-state index contributed by atoms with van der Waals surface area (Å²) in [7, 11) is 3.38. The maximum absolute atomic E-state index is 6.02. The molecule has 108 valence electrons. The molecule has 0 saturated carbocycles. The van der Waals surface area contributed by atoms with Gasteiger partial charge in [-0.25, -0.2) is 0 Å². The van der Waals surface area contributed by atoms with Crippen LogP contribution in [0.2, 0.25) is 5.02 Å². The monoisotopic (exact) mass is 286 g/mol. The first kappa shape index (κ1) is 16.2. The summed E-state index contributed by atoms with van der Waals surface area (Å²) in [6.45, 7) is 2.05. The molecule has 0 aliphatic rings. The van der Waals surface area contributed by atoms with E-state index in [9.17, 15) is 0 Å². The van der Waals surface area contributed by atoms with Crippen LogP contribution in [0.15, 0.2) is 18.2 Å². The van der Waals surface area contributed by atoms with Crippen molar-refractivity contribution in [2.24, 2.45) is 5.84 Å². The van der Waals surface area contributed by atoms with E-state index >= 15 is 0 Å². The number of nitrogens with two attached hydrogens (primary N) is 1. The molecule has 3 N–H and O–H groups in total. The summed E-state index contributed by atoms with van der Waals surface area (Å²) in [6, 6.07) is 5.79. The first-order valence-electron chi connectivity index (χ1n) is 6.42. The fraction of sp³-hybridized carbons (Fsp3) is 0.571. The molecule has 1 rings (SSSR count). The lowest BCUT2D eigenvalue weighted by Crippen LogP contribution is -2.37. The SMILES string of the molecule is COc1ccc(Cl)cc1CC(CCC(C)OC)NN. The van der Waals surface area contributed by atoms with Gasteiger partial charge in [-0.2, -0.15) is 0 Å². The molecule has 0 bridgehead atoms. The Balaban J connectivity index is 2.66. The number of methoxy groups -OCH3 is 2. The molecule has 0 spiro atoms. The molecule has 0 amide bonds. The number of hydrogen-bond acceptors (Lipinski definition) is 4. The second-order valence-electron chi connectivity index (χ2n) is 4.65. The molecule has 0 radical (unpaired) electrons. The molecule has 2 unspecified atom stereocenters. The highest BCUT2D eigenvalue weighted by Gasteiger charge is 2.13. The average molecular weight is 287 g/mol.